The summed E-state index contributed by atoms with van der Waals surface area (Å²) in [6, 6.07) is 0. The molecule has 114 valence electrons. The second-order valence-electron chi connectivity index (χ2n) is 5.15. The highest BCUT2D eigenvalue weighted by molar-refractivity contribution is 8.13. The molecule has 1 aromatic rings. The zero-order valence-electron chi connectivity index (χ0n) is 12.1. The Bertz CT molecular complexity index is 581. The van der Waals surface area contributed by atoms with Gasteiger partial charge in [0.1, 0.15) is 4.90 Å². The van der Waals surface area contributed by atoms with Crippen LogP contribution >= 0.6 is 10.7 Å². The summed E-state index contributed by atoms with van der Waals surface area (Å²) >= 11 is 0. The van der Waals surface area contributed by atoms with Crippen LogP contribution in [0.15, 0.2) is 4.90 Å². The number of hydrogen-bond donors (Lipinski definition) is 1. The van der Waals surface area contributed by atoms with Crippen LogP contribution in [0.4, 0.5) is 0 Å². The van der Waals surface area contributed by atoms with Crippen LogP contribution < -0.4 is 0 Å². The van der Waals surface area contributed by atoms with Gasteiger partial charge in [-0.1, -0.05) is 27.2 Å². The highest BCUT2D eigenvalue weighted by Crippen LogP contribution is 2.24. The highest BCUT2D eigenvalue weighted by Gasteiger charge is 2.29. The van der Waals surface area contributed by atoms with Gasteiger partial charge in [-0.2, -0.15) is 5.10 Å². The molecule has 8 heteroatoms. The molecule has 1 rings (SSSR count). The molecule has 0 radical (unpaired) electrons. The van der Waals surface area contributed by atoms with Gasteiger partial charge in [-0.3, -0.25) is 9.89 Å². The molecule has 0 saturated heterocycles. The molecule has 1 aromatic heterocycles. The smallest absolute Gasteiger partial charge is 0.275 e. The Morgan fingerprint density at radius 1 is 1.45 bits per heavy atom. The van der Waals surface area contributed by atoms with Crippen molar-refractivity contribution in [3.63, 3.8) is 0 Å². The maximum absolute atomic E-state index is 12.3. The Morgan fingerprint density at radius 2 is 2.05 bits per heavy atom. The minimum Gasteiger partial charge on any atom is -0.340 e. The van der Waals surface area contributed by atoms with Crippen LogP contribution in [0.1, 0.15) is 43.4 Å². The number of hydrogen-bond acceptors (Lipinski definition) is 4. The minimum atomic E-state index is -4.02. The topological polar surface area (TPSA) is 83.1 Å². The summed E-state index contributed by atoms with van der Waals surface area (Å²) < 4.78 is 23.4. The van der Waals surface area contributed by atoms with Crippen LogP contribution in [0, 0.1) is 5.92 Å². The molecule has 0 aliphatic carbocycles. The van der Waals surface area contributed by atoms with E-state index in [-0.39, 0.29) is 16.5 Å². The monoisotopic (exact) mass is 321 g/mol. The predicted molar refractivity (Wildman–Crippen MR) is 77.4 cm³/mol. The molecule has 0 unspecified atom stereocenters. The highest BCUT2D eigenvalue weighted by atomic mass is 35.7. The molecule has 6 nitrogen and oxygen atoms in total. The van der Waals surface area contributed by atoms with Crippen molar-refractivity contribution < 1.29 is 13.2 Å². The van der Waals surface area contributed by atoms with E-state index in [2.05, 4.69) is 10.2 Å². The third-order valence-corrected chi connectivity index (χ3v) is 4.11. The van der Waals surface area contributed by atoms with Crippen molar-refractivity contribution in [3.05, 3.63) is 11.4 Å². The van der Waals surface area contributed by atoms with Crippen LogP contribution in [-0.2, 0) is 15.5 Å². The number of rotatable bonds is 6. The largest absolute Gasteiger partial charge is 0.340 e. The van der Waals surface area contributed by atoms with Crippen LogP contribution in [0.2, 0.25) is 0 Å². The lowest BCUT2D eigenvalue weighted by molar-refractivity contribution is 0.0769. The van der Waals surface area contributed by atoms with E-state index in [1.54, 1.807) is 7.05 Å². The van der Waals surface area contributed by atoms with Crippen LogP contribution in [-0.4, -0.2) is 43.0 Å². The van der Waals surface area contributed by atoms with Crippen LogP contribution in [0.3, 0.4) is 0 Å². The fourth-order valence-electron chi connectivity index (χ4n) is 2.01. The second-order valence-corrected chi connectivity index (χ2v) is 7.65. The number of carbonyl (C=O) groups excluding carboxylic acids is 1. The van der Waals surface area contributed by atoms with Gasteiger partial charge in [0.05, 0.1) is 5.69 Å². The molecule has 20 heavy (non-hydrogen) atoms. The quantitative estimate of drug-likeness (QED) is 0.812. The Kier molecular flexibility index (Phi) is 5.59. The molecule has 0 bridgehead atoms. The first-order valence-electron chi connectivity index (χ1n) is 6.45. The van der Waals surface area contributed by atoms with E-state index in [1.807, 2.05) is 20.8 Å². The van der Waals surface area contributed by atoms with Gasteiger partial charge in [-0.05, 0) is 12.3 Å². The van der Waals surface area contributed by atoms with Gasteiger partial charge >= 0.3 is 0 Å². The van der Waals surface area contributed by atoms with Crippen LogP contribution in [0.25, 0.3) is 0 Å². The Hall–Kier alpha value is -1.08. The molecule has 0 fully saturated rings. The molecule has 1 amide bonds. The van der Waals surface area contributed by atoms with Crippen molar-refractivity contribution in [2.75, 3.05) is 13.6 Å². The summed E-state index contributed by atoms with van der Waals surface area (Å²) in [6.07, 6.45) is 1.19. The number of aromatic nitrogens is 2. The molecule has 1 heterocycles. The van der Waals surface area contributed by atoms with Crippen molar-refractivity contribution in [2.24, 2.45) is 5.92 Å². The van der Waals surface area contributed by atoms with E-state index in [0.29, 0.717) is 18.7 Å². The number of H-pyrrole nitrogens is 1. The molecular weight excluding hydrogens is 302 g/mol. The van der Waals surface area contributed by atoms with Gasteiger partial charge < -0.3 is 4.90 Å². The number of carbonyl (C=O) groups is 1. The average molecular weight is 322 g/mol. The van der Waals surface area contributed by atoms with E-state index in [9.17, 15) is 13.2 Å². The first-order chi connectivity index (χ1) is 9.18. The number of nitrogens with zero attached hydrogens (tertiary/aromatic N) is 2. The molecule has 1 N–H and O–H groups in total. The van der Waals surface area contributed by atoms with Crippen molar-refractivity contribution in [2.45, 2.75) is 38.5 Å². The van der Waals surface area contributed by atoms with Crippen LogP contribution in [0.5, 0.6) is 0 Å². The van der Waals surface area contributed by atoms with Gasteiger partial charge in [-0.25, -0.2) is 8.42 Å². The Morgan fingerprint density at radius 3 is 2.50 bits per heavy atom. The first-order valence-corrected chi connectivity index (χ1v) is 8.76. The van der Waals surface area contributed by atoms with E-state index in [4.69, 9.17) is 10.7 Å². The standard InChI is InChI=1S/C12H20ClN3O3S/c1-5-6-9-11(20(13,18)19)10(15-14-9)12(17)16(4)7-8(2)3/h8H,5-7H2,1-4H3,(H,14,15). The SMILES string of the molecule is CCCc1[nH]nc(C(=O)N(C)CC(C)C)c1S(=O)(=O)Cl. The second kappa shape index (κ2) is 6.58. The fraction of sp³-hybridized carbons (Fsp3) is 0.667. The maximum Gasteiger partial charge on any atom is 0.275 e. The molecule has 0 spiro atoms. The lowest BCUT2D eigenvalue weighted by Gasteiger charge is -2.18. The summed E-state index contributed by atoms with van der Waals surface area (Å²) in [7, 11) is 3.04. The molecule has 0 aliphatic heterocycles. The summed E-state index contributed by atoms with van der Waals surface area (Å²) in [5.41, 5.74) is 0.246. The normalized spacial score (nSPS) is 11.9. The summed E-state index contributed by atoms with van der Waals surface area (Å²) in [4.78, 5) is 13.5. The van der Waals surface area contributed by atoms with Gasteiger partial charge in [-0.15, -0.1) is 0 Å². The van der Waals surface area contributed by atoms with E-state index >= 15 is 0 Å². The molecule has 0 aliphatic rings. The van der Waals surface area contributed by atoms with Gasteiger partial charge in [0.25, 0.3) is 15.0 Å². The average Bonchev–Trinajstić information content (AvgIpc) is 2.71. The zero-order chi connectivity index (χ0) is 15.5. The Balaban J connectivity index is 3.22. The third-order valence-electron chi connectivity index (χ3n) is 2.72. The van der Waals surface area contributed by atoms with Crippen molar-refractivity contribution >= 4 is 25.6 Å². The number of aryl methyl sites for hydroxylation is 1. The number of nitrogens with one attached hydrogen (secondary N) is 1. The fourth-order valence-corrected chi connectivity index (χ4v) is 3.31. The molecule has 0 atom stereocenters. The van der Waals surface area contributed by atoms with E-state index < -0.39 is 15.0 Å². The Labute approximate surface area is 123 Å². The summed E-state index contributed by atoms with van der Waals surface area (Å²) in [5.74, 6) is -0.175. The minimum absolute atomic E-state index is 0.133. The number of aromatic amines is 1. The number of halogens is 1. The van der Waals surface area contributed by atoms with Gasteiger partial charge in [0.15, 0.2) is 5.69 Å². The van der Waals surface area contributed by atoms with Gasteiger partial charge in [0.2, 0.25) is 0 Å². The van der Waals surface area contributed by atoms with Crippen molar-refractivity contribution in [1.29, 1.82) is 0 Å². The van der Waals surface area contributed by atoms with E-state index in [0.717, 1.165) is 6.42 Å². The van der Waals surface area contributed by atoms with Crippen molar-refractivity contribution in [3.8, 4) is 0 Å². The maximum atomic E-state index is 12.3. The lowest BCUT2D eigenvalue weighted by atomic mass is 10.2. The molecular formula is C12H20ClN3O3S. The summed E-state index contributed by atoms with van der Waals surface area (Å²) in [5, 5.41) is 6.46. The molecule has 0 saturated carbocycles. The predicted octanol–water partition coefficient (Wildman–Crippen LogP) is 2.02. The zero-order valence-corrected chi connectivity index (χ0v) is 13.7. The van der Waals surface area contributed by atoms with Gasteiger partial charge in [0, 0.05) is 24.3 Å². The lowest BCUT2D eigenvalue weighted by Crippen LogP contribution is -2.31. The van der Waals surface area contributed by atoms with E-state index in [1.165, 1.54) is 4.90 Å². The first kappa shape index (κ1) is 17.0. The van der Waals surface area contributed by atoms with Crippen molar-refractivity contribution in [1.82, 2.24) is 15.1 Å². The third kappa shape index (κ3) is 3.96. The summed E-state index contributed by atoms with van der Waals surface area (Å²) in [6.45, 7) is 6.35. The number of amides is 1. The molecule has 0 aromatic carbocycles.